The van der Waals surface area contributed by atoms with E-state index in [-0.39, 0.29) is 10.6 Å². The molecule has 0 amide bonds. The maximum atomic E-state index is 12.0. The summed E-state index contributed by atoms with van der Waals surface area (Å²) in [5.74, 6) is 0.459. The Balaban J connectivity index is 1.78. The van der Waals surface area contributed by atoms with E-state index in [2.05, 4.69) is 4.72 Å². The van der Waals surface area contributed by atoms with Crippen LogP contribution in [0.2, 0.25) is 0 Å². The first-order chi connectivity index (χ1) is 7.58. The molecule has 0 unspecified atom stereocenters. The Hall–Kier alpha value is 0.200. The van der Waals surface area contributed by atoms with Gasteiger partial charge in [0.1, 0.15) is 0 Å². The fraction of sp³-hybridized carbons (Fsp3) is 1.00. The summed E-state index contributed by atoms with van der Waals surface area (Å²) < 4.78 is 26.7. The van der Waals surface area contributed by atoms with Crippen molar-refractivity contribution in [2.24, 2.45) is 5.92 Å². The lowest BCUT2D eigenvalue weighted by Crippen LogP contribution is -2.41. The van der Waals surface area contributed by atoms with Crippen molar-refractivity contribution in [3.8, 4) is 0 Å². The molecule has 3 nitrogen and oxygen atoms in total. The molecule has 2 aliphatic carbocycles. The van der Waals surface area contributed by atoms with Gasteiger partial charge in [-0.15, -0.1) is 11.6 Å². The van der Waals surface area contributed by atoms with E-state index in [1.54, 1.807) is 0 Å². The van der Waals surface area contributed by atoms with E-state index < -0.39 is 10.0 Å². The lowest BCUT2D eigenvalue weighted by atomic mass is 9.85. The van der Waals surface area contributed by atoms with E-state index in [4.69, 9.17) is 11.6 Å². The van der Waals surface area contributed by atoms with Crippen LogP contribution >= 0.6 is 11.6 Å². The van der Waals surface area contributed by atoms with Gasteiger partial charge in [0.15, 0.2) is 0 Å². The minimum Gasteiger partial charge on any atom is -0.215 e. The van der Waals surface area contributed by atoms with Crippen molar-refractivity contribution in [1.29, 1.82) is 0 Å². The Morgan fingerprint density at radius 2 is 1.75 bits per heavy atom. The van der Waals surface area contributed by atoms with Crippen LogP contribution in [0, 0.1) is 5.92 Å². The number of rotatable bonds is 4. The highest BCUT2D eigenvalue weighted by Crippen LogP contribution is 2.31. The van der Waals surface area contributed by atoms with Gasteiger partial charge >= 0.3 is 0 Å². The zero-order chi connectivity index (χ0) is 11.6. The van der Waals surface area contributed by atoms with Crippen LogP contribution in [-0.2, 0) is 10.0 Å². The minimum atomic E-state index is -3.07. The number of alkyl halides is 1. The first-order valence-electron chi connectivity index (χ1n) is 6.20. The van der Waals surface area contributed by atoms with Gasteiger partial charge in [0, 0.05) is 11.9 Å². The molecule has 0 radical (unpaired) electrons. The molecule has 0 aromatic carbocycles. The molecule has 0 aliphatic heterocycles. The number of hydrogen-bond donors (Lipinski definition) is 1. The minimum absolute atomic E-state index is 0.145. The molecule has 0 spiro atoms. The molecule has 2 fully saturated rings. The Morgan fingerprint density at radius 3 is 2.31 bits per heavy atom. The van der Waals surface area contributed by atoms with Crippen LogP contribution < -0.4 is 4.72 Å². The lowest BCUT2D eigenvalue weighted by Gasteiger charge is -2.31. The van der Waals surface area contributed by atoms with Crippen molar-refractivity contribution in [1.82, 2.24) is 4.72 Å². The van der Waals surface area contributed by atoms with Crippen LogP contribution in [0.3, 0.4) is 0 Å². The molecule has 16 heavy (non-hydrogen) atoms. The highest BCUT2D eigenvalue weighted by molar-refractivity contribution is 7.90. The molecule has 0 heterocycles. The quantitative estimate of drug-likeness (QED) is 0.793. The van der Waals surface area contributed by atoms with Crippen molar-refractivity contribution >= 4 is 21.6 Å². The van der Waals surface area contributed by atoms with Crippen LogP contribution in [0.4, 0.5) is 0 Å². The molecule has 5 heteroatoms. The van der Waals surface area contributed by atoms with Crippen molar-refractivity contribution in [2.75, 3.05) is 6.54 Å². The highest BCUT2D eigenvalue weighted by atomic mass is 35.5. The molecule has 94 valence electrons. The molecule has 2 saturated carbocycles. The maximum Gasteiger partial charge on any atom is 0.214 e. The van der Waals surface area contributed by atoms with Crippen molar-refractivity contribution in [3.05, 3.63) is 0 Å². The molecule has 2 aliphatic rings. The van der Waals surface area contributed by atoms with Gasteiger partial charge in [0.25, 0.3) is 0 Å². The van der Waals surface area contributed by atoms with Gasteiger partial charge in [0.05, 0.1) is 5.25 Å². The summed E-state index contributed by atoms with van der Waals surface area (Å²) in [4.78, 5) is 0. The second-order valence-electron chi connectivity index (χ2n) is 5.09. The van der Waals surface area contributed by atoms with E-state index in [9.17, 15) is 8.42 Å². The van der Waals surface area contributed by atoms with Gasteiger partial charge in [-0.25, -0.2) is 13.1 Å². The van der Waals surface area contributed by atoms with Gasteiger partial charge in [0.2, 0.25) is 10.0 Å². The van der Waals surface area contributed by atoms with E-state index in [0.29, 0.717) is 12.5 Å². The van der Waals surface area contributed by atoms with Crippen LogP contribution in [0.1, 0.15) is 44.9 Å². The van der Waals surface area contributed by atoms with Crippen molar-refractivity contribution in [3.63, 3.8) is 0 Å². The highest BCUT2D eigenvalue weighted by Gasteiger charge is 2.31. The summed E-state index contributed by atoms with van der Waals surface area (Å²) in [7, 11) is -3.07. The SMILES string of the molecule is O=S(=O)(NCC1CC(Cl)C1)C1CCCCC1. The second-order valence-corrected chi connectivity index (χ2v) is 7.75. The fourth-order valence-corrected chi connectivity index (χ4v) is 4.71. The Labute approximate surface area is 103 Å². The van der Waals surface area contributed by atoms with E-state index in [0.717, 1.165) is 38.5 Å². The molecule has 0 saturated heterocycles. The average molecular weight is 266 g/mol. The summed E-state index contributed by atoms with van der Waals surface area (Å²) >= 11 is 5.87. The molecule has 2 rings (SSSR count). The van der Waals surface area contributed by atoms with E-state index >= 15 is 0 Å². The summed E-state index contributed by atoms with van der Waals surface area (Å²) in [5, 5.41) is 0.123. The normalized spacial score (nSPS) is 32.3. The van der Waals surface area contributed by atoms with E-state index in [1.807, 2.05) is 0 Å². The topological polar surface area (TPSA) is 46.2 Å². The maximum absolute atomic E-state index is 12.0. The Kier molecular flexibility index (Phi) is 4.14. The smallest absolute Gasteiger partial charge is 0.214 e. The Morgan fingerprint density at radius 1 is 1.12 bits per heavy atom. The van der Waals surface area contributed by atoms with Gasteiger partial charge in [-0.05, 0) is 31.6 Å². The Bertz CT molecular complexity index is 319. The average Bonchev–Trinajstić information content (AvgIpc) is 2.24. The van der Waals surface area contributed by atoms with Crippen LogP contribution in [0.15, 0.2) is 0 Å². The largest absolute Gasteiger partial charge is 0.215 e. The lowest BCUT2D eigenvalue weighted by molar-refractivity contribution is 0.322. The van der Waals surface area contributed by atoms with Crippen LogP contribution in [0.25, 0.3) is 0 Å². The summed E-state index contributed by atoms with van der Waals surface area (Å²) in [6.07, 6.45) is 6.86. The molecule has 1 N–H and O–H groups in total. The molecule has 0 atom stereocenters. The van der Waals surface area contributed by atoms with Crippen molar-refractivity contribution in [2.45, 2.75) is 55.6 Å². The third kappa shape index (κ3) is 3.11. The summed E-state index contributed by atoms with van der Waals surface area (Å²) in [6, 6.07) is 0. The molecular weight excluding hydrogens is 246 g/mol. The molecular formula is C11H20ClNO2S. The third-order valence-corrected chi connectivity index (χ3v) is 6.02. The number of hydrogen-bond acceptors (Lipinski definition) is 2. The van der Waals surface area contributed by atoms with E-state index in [1.165, 1.54) is 6.42 Å². The van der Waals surface area contributed by atoms with Gasteiger partial charge in [-0.3, -0.25) is 0 Å². The summed E-state index contributed by atoms with van der Waals surface area (Å²) in [6.45, 7) is 0.585. The summed E-state index contributed by atoms with van der Waals surface area (Å²) in [5.41, 5.74) is 0. The molecule has 0 bridgehead atoms. The predicted octanol–water partition coefficient (Wildman–Crippen LogP) is 2.26. The zero-order valence-corrected chi connectivity index (χ0v) is 11.1. The molecule has 0 aromatic heterocycles. The van der Waals surface area contributed by atoms with Gasteiger partial charge < -0.3 is 0 Å². The number of halogens is 1. The number of sulfonamides is 1. The fourth-order valence-electron chi connectivity index (χ4n) is 2.55. The predicted molar refractivity (Wildman–Crippen MR) is 66.2 cm³/mol. The first kappa shape index (κ1) is 12.7. The van der Waals surface area contributed by atoms with Gasteiger partial charge in [-0.2, -0.15) is 0 Å². The third-order valence-electron chi connectivity index (χ3n) is 3.74. The molecule has 0 aromatic rings. The monoisotopic (exact) mass is 265 g/mol. The van der Waals surface area contributed by atoms with Crippen LogP contribution in [0.5, 0.6) is 0 Å². The first-order valence-corrected chi connectivity index (χ1v) is 8.19. The van der Waals surface area contributed by atoms with Crippen molar-refractivity contribution < 1.29 is 8.42 Å². The number of nitrogens with one attached hydrogen (secondary N) is 1. The zero-order valence-electron chi connectivity index (χ0n) is 9.49. The second kappa shape index (κ2) is 5.23. The standard InChI is InChI=1S/C11H20ClNO2S/c12-10-6-9(7-10)8-13-16(14,15)11-4-2-1-3-5-11/h9-11,13H,1-8H2. The van der Waals surface area contributed by atoms with Gasteiger partial charge in [-0.1, -0.05) is 19.3 Å². The van der Waals surface area contributed by atoms with Crippen LogP contribution in [-0.4, -0.2) is 25.6 Å².